The molecule has 1 atom stereocenters. The van der Waals surface area contributed by atoms with Crippen molar-refractivity contribution in [2.75, 3.05) is 11.9 Å². The molecule has 0 aliphatic rings. The normalized spacial score (nSPS) is 12.0. The molecular formula is C12H18BrN3O2. The molecular weight excluding hydrogens is 298 g/mol. The molecule has 1 aromatic heterocycles. The second-order valence-electron chi connectivity index (χ2n) is 3.86. The van der Waals surface area contributed by atoms with Gasteiger partial charge in [0.05, 0.1) is 6.61 Å². The number of rotatable bonds is 6. The number of halogens is 1. The number of hydrogen-bond acceptors (Lipinski definition) is 5. The number of aromatic nitrogens is 2. The number of carbonyl (C=O) groups is 1. The molecule has 1 rings (SSSR count). The summed E-state index contributed by atoms with van der Waals surface area (Å²) >= 11 is 3.33. The topological polar surface area (TPSA) is 64.1 Å². The first-order chi connectivity index (χ1) is 8.56. The van der Waals surface area contributed by atoms with Crippen LogP contribution < -0.4 is 5.32 Å². The molecule has 100 valence electrons. The predicted molar refractivity (Wildman–Crippen MR) is 73.4 cm³/mol. The summed E-state index contributed by atoms with van der Waals surface area (Å²) in [6.07, 6.45) is 1.78. The van der Waals surface area contributed by atoms with Crippen molar-refractivity contribution in [1.29, 1.82) is 0 Å². The molecule has 0 bridgehead atoms. The third-order valence-electron chi connectivity index (χ3n) is 2.22. The van der Waals surface area contributed by atoms with Gasteiger partial charge in [0.15, 0.2) is 0 Å². The minimum Gasteiger partial charge on any atom is -0.464 e. The summed E-state index contributed by atoms with van der Waals surface area (Å²) in [6, 6.07) is 1.32. The van der Waals surface area contributed by atoms with Crippen molar-refractivity contribution in [2.24, 2.45) is 0 Å². The van der Waals surface area contributed by atoms with Gasteiger partial charge in [0, 0.05) is 12.5 Å². The Labute approximate surface area is 115 Å². The highest BCUT2D eigenvalue weighted by Crippen LogP contribution is 2.14. The number of nitrogens with one attached hydrogen (secondary N) is 1. The van der Waals surface area contributed by atoms with Gasteiger partial charge in [-0.3, -0.25) is 0 Å². The van der Waals surface area contributed by atoms with Crippen molar-refractivity contribution in [3.05, 3.63) is 16.5 Å². The van der Waals surface area contributed by atoms with E-state index in [-0.39, 0.29) is 5.97 Å². The maximum atomic E-state index is 11.5. The largest absolute Gasteiger partial charge is 0.464 e. The van der Waals surface area contributed by atoms with Crippen LogP contribution in [0.25, 0.3) is 0 Å². The number of carbonyl (C=O) groups excluding carboxylic acids is 1. The molecule has 6 heteroatoms. The molecule has 0 aromatic carbocycles. The van der Waals surface area contributed by atoms with Gasteiger partial charge in [-0.2, -0.15) is 0 Å². The van der Waals surface area contributed by atoms with Crippen LogP contribution in [0.5, 0.6) is 0 Å². The van der Waals surface area contributed by atoms with Crippen LogP contribution in [0.4, 0.5) is 5.82 Å². The summed E-state index contributed by atoms with van der Waals surface area (Å²) in [5, 5.41) is 3.01. The first-order valence-corrected chi connectivity index (χ1v) is 6.82. The fraction of sp³-hybridized carbons (Fsp3) is 0.583. The smallest absolute Gasteiger partial charge is 0.328 e. The van der Waals surface area contributed by atoms with E-state index in [2.05, 4.69) is 38.1 Å². The van der Waals surface area contributed by atoms with Crippen LogP contribution in [0, 0.1) is 0 Å². The van der Waals surface area contributed by atoms with Gasteiger partial charge in [-0.1, -0.05) is 6.92 Å². The average molecular weight is 316 g/mol. The van der Waals surface area contributed by atoms with Gasteiger partial charge in [0.1, 0.15) is 22.3 Å². The van der Waals surface area contributed by atoms with Crippen molar-refractivity contribution in [3.8, 4) is 0 Å². The second kappa shape index (κ2) is 7.31. The van der Waals surface area contributed by atoms with Crippen LogP contribution in [0.2, 0.25) is 0 Å². The molecule has 0 aliphatic carbocycles. The van der Waals surface area contributed by atoms with Gasteiger partial charge in [-0.05, 0) is 36.2 Å². The first kappa shape index (κ1) is 14.9. The number of aryl methyl sites for hydroxylation is 1. The molecule has 1 N–H and O–H groups in total. The monoisotopic (exact) mass is 315 g/mol. The van der Waals surface area contributed by atoms with Gasteiger partial charge in [0.2, 0.25) is 0 Å². The Morgan fingerprint density at radius 2 is 2.22 bits per heavy atom. The first-order valence-electron chi connectivity index (χ1n) is 6.03. The highest BCUT2D eigenvalue weighted by molar-refractivity contribution is 9.10. The highest BCUT2D eigenvalue weighted by Gasteiger charge is 2.14. The Morgan fingerprint density at radius 1 is 1.50 bits per heavy atom. The Balaban J connectivity index is 2.74. The van der Waals surface area contributed by atoms with Crippen molar-refractivity contribution in [2.45, 2.75) is 39.7 Å². The van der Waals surface area contributed by atoms with E-state index in [1.165, 1.54) is 0 Å². The van der Waals surface area contributed by atoms with Crippen molar-refractivity contribution < 1.29 is 9.53 Å². The Hall–Kier alpha value is -1.17. The zero-order chi connectivity index (χ0) is 13.5. The van der Waals surface area contributed by atoms with Crippen molar-refractivity contribution >= 4 is 27.7 Å². The van der Waals surface area contributed by atoms with E-state index in [9.17, 15) is 4.79 Å². The van der Waals surface area contributed by atoms with Gasteiger partial charge in [0.25, 0.3) is 0 Å². The van der Waals surface area contributed by atoms with Crippen molar-refractivity contribution in [3.63, 3.8) is 0 Å². The summed E-state index contributed by atoms with van der Waals surface area (Å²) in [4.78, 5) is 20.1. The molecule has 0 fully saturated rings. The molecule has 18 heavy (non-hydrogen) atoms. The van der Waals surface area contributed by atoms with Crippen LogP contribution in [0.1, 0.15) is 33.0 Å². The van der Waals surface area contributed by atoms with E-state index in [1.807, 2.05) is 0 Å². The van der Waals surface area contributed by atoms with Crippen LogP contribution in [-0.4, -0.2) is 28.6 Å². The van der Waals surface area contributed by atoms with Crippen LogP contribution >= 0.6 is 15.9 Å². The Bertz CT molecular complexity index is 412. The van der Waals surface area contributed by atoms with E-state index >= 15 is 0 Å². The lowest BCUT2D eigenvalue weighted by atomic mass is 10.3. The van der Waals surface area contributed by atoms with E-state index < -0.39 is 6.04 Å². The van der Waals surface area contributed by atoms with E-state index in [0.717, 1.165) is 18.7 Å². The van der Waals surface area contributed by atoms with E-state index in [1.54, 1.807) is 19.9 Å². The summed E-state index contributed by atoms with van der Waals surface area (Å²) in [5.41, 5.74) is 0. The molecule has 1 unspecified atom stereocenters. The minimum atomic E-state index is -0.429. The molecule has 0 radical (unpaired) electrons. The molecule has 0 saturated carbocycles. The summed E-state index contributed by atoms with van der Waals surface area (Å²) in [7, 11) is 0. The Morgan fingerprint density at radius 3 is 2.83 bits per heavy atom. The van der Waals surface area contributed by atoms with Gasteiger partial charge in [-0.15, -0.1) is 0 Å². The zero-order valence-corrected chi connectivity index (χ0v) is 12.5. The Kier molecular flexibility index (Phi) is 6.04. The predicted octanol–water partition coefficient (Wildman–Crippen LogP) is 2.56. The molecule has 1 aromatic rings. The molecule has 0 saturated heterocycles. The molecule has 5 nitrogen and oxygen atoms in total. The quantitative estimate of drug-likeness (QED) is 0.645. The van der Waals surface area contributed by atoms with Crippen molar-refractivity contribution in [1.82, 2.24) is 9.97 Å². The fourth-order valence-corrected chi connectivity index (χ4v) is 1.84. The molecule has 0 spiro atoms. The lowest BCUT2D eigenvalue weighted by Gasteiger charge is -2.13. The maximum absolute atomic E-state index is 11.5. The molecule has 0 aliphatic heterocycles. The lowest BCUT2D eigenvalue weighted by molar-refractivity contribution is -0.143. The number of esters is 1. The third kappa shape index (κ3) is 4.60. The summed E-state index contributed by atoms with van der Waals surface area (Å²) in [6.45, 7) is 5.97. The third-order valence-corrected chi connectivity index (χ3v) is 2.63. The van der Waals surface area contributed by atoms with Crippen LogP contribution in [0.3, 0.4) is 0 Å². The summed E-state index contributed by atoms with van der Waals surface area (Å²) in [5.74, 6) is 1.09. The average Bonchev–Trinajstić information content (AvgIpc) is 2.28. The van der Waals surface area contributed by atoms with E-state index in [0.29, 0.717) is 17.0 Å². The zero-order valence-electron chi connectivity index (χ0n) is 10.9. The highest BCUT2D eigenvalue weighted by atomic mass is 79.9. The molecule has 0 amide bonds. The number of hydrogen-bond donors (Lipinski definition) is 1. The SMILES string of the molecule is CCCc1nc(Br)cc(NC(C)C(=O)OCC)n1. The fourth-order valence-electron chi connectivity index (χ4n) is 1.42. The minimum absolute atomic E-state index is 0.288. The van der Waals surface area contributed by atoms with Gasteiger partial charge < -0.3 is 10.1 Å². The number of ether oxygens (including phenoxy) is 1. The van der Waals surface area contributed by atoms with Crippen LogP contribution in [-0.2, 0) is 16.0 Å². The number of nitrogens with zero attached hydrogens (tertiary/aromatic N) is 2. The number of anilines is 1. The van der Waals surface area contributed by atoms with Gasteiger partial charge in [-0.25, -0.2) is 14.8 Å². The molecule has 1 heterocycles. The van der Waals surface area contributed by atoms with Crippen LogP contribution in [0.15, 0.2) is 10.7 Å². The summed E-state index contributed by atoms with van der Waals surface area (Å²) < 4.78 is 5.64. The lowest BCUT2D eigenvalue weighted by Crippen LogP contribution is -2.28. The standard InChI is InChI=1S/C12H18BrN3O2/c1-4-6-10-15-9(13)7-11(16-10)14-8(3)12(17)18-5-2/h7-8H,4-6H2,1-3H3,(H,14,15,16). The van der Waals surface area contributed by atoms with Gasteiger partial charge >= 0.3 is 5.97 Å². The maximum Gasteiger partial charge on any atom is 0.328 e. The second-order valence-corrected chi connectivity index (χ2v) is 4.67. The van der Waals surface area contributed by atoms with E-state index in [4.69, 9.17) is 4.74 Å².